The highest BCUT2D eigenvalue weighted by atomic mass is 16.1. The van der Waals surface area contributed by atoms with E-state index in [0.717, 1.165) is 0 Å². The Labute approximate surface area is 92.1 Å². The molecule has 2 heterocycles. The largest absolute Gasteiger partial charge is 0.309 e. The predicted molar refractivity (Wildman–Crippen MR) is 59.5 cm³/mol. The normalized spacial score (nSPS) is 10.4. The maximum Gasteiger partial charge on any atom is 0.222 e. The molecular weight excluding hydrogens is 206 g/mol. The minimum absolute atomic E-state index is 0.120. The number of fused-ring (bicyclic) bond motifs is 1. The van der Waals surface area contributed by atoms with Crippen LogP contribution in [-0.4, -0.2) is 21.3 Å². The summed E-state index contributed by atoms with van der Waals surface area (Å²) in [5.41, 5.74) is 1.13. The number of pyridine rings is 1. The molecule has 0 saturated heterocycles. The van der Waals surface area contributed by atoms with E-state index in [4.69, 9.17) is 0 Å². The minimum Gasteiger partial charge on any atom is -0.309 e. The summed E-state index contributed by atoms with van der Waals surface area (Å²) in [4.78, 5) is 22.5. The van der Waals surface area contributed by atoms with Gasteiger partial charge in [-0.1, -0.05) is 6.07 Å². The predicted octanol–water partition coefficient (Wildman–Crippen LogP) is 1.50. The number of ketones is 1. The van der Waals surface area contributed by atoms with Crippen LogP contribution in [0.3, 0.4) is 0 Å². The molecule has 2 rings (SSSR count). The monoisotopic (exact) mass is 217 g/mol. The molecule has 2 aromatic rings. The van der Waals surface area contributed by atoms with E-state index in [-0.39, 0.29) is 11.7 Å². The number of aromatic nitrogens is 2. The van der Waals surface area contributed by atoms with Crippen molar-refractivity contribution in [2.45, 2.75) is 13.8 Å². The van der Waals surface area contributed by atoms with E-state index in [2.05, 4.69) is 10.4 Å². The summed E-state index contributed by atoms with van der Waals surface area (Å²) in [5, 5.41) is 6.69. The van der Waals surface area contributed by atoms with Crippen molar-refractivity contribution in [2.24, 2.45) is 0 Å². The first-order chi connectivity index (χ1) is 7.59. The molecule has 0 unspecified atom stereocenters. The van der Waals surface area contributed by atoms with Crippen LogP contribution in [0.15, 0.2) is 24.4 Å². The molecule has 5 nitrogen and oxygen atoms in total. The van der Waals surface area contributed by atoms with Crippen molar-refractivity contribution in [1.82, 2.24) is 9.61 Å². The van der Waals surface area contributed by atoms with Gasteiger partial charge in [-0.25, -0.2) is 4.52 Å². The first kappa shape index (κ1) is 10.4. The van der Waals surface area contributed by atoms with Gasteiger partial charge >= 0.3 is 0 Å². The first-order valence-electron chi connectivity index (χ1n) is 4.85. The van der Waals surface area contributed by atoms with Gasteiger partial charge in [-0.15, -0.1) is 5.10 Å². The Morgan fingerprint density at radius 2 is 2.06 bits per heavy atom. The zero-order valence-corrected chi connectivity index (χ0v) is 9.02. The number of amides is 1. The Morgan fingerprint density at radius 1 is 1.31 bits per heavy atom. The van der Waals surface area contributed by atoms with Crippen molar-refractivity contribution in [3.05, 3.63) is 30.0 Å². The van der Waals surface area contributed by atoms with Gasteiger partial charge in [-0.3, -0.25) is 9.59 Å². The Hall–Kier alpha value is -2.17. The molecule has 0 fully saturated rings. The van der Waals surface area contributed by atoms with Crippen LogP contribution in [0, 0.1) is 0 Å². The highest BCUT2D eigenvalue weighted by Gasteiger charge is 2.16. The molecule has 0 spiro atoms. The number of nitrogens with one attached hydrogen (secondary N) is 1. The van der Waals surface area contributed by atoms with Gasteiger partial charge in [-0.2, -0.15) is 0 Å². The van der Waals surface area contributed by atoms with Gasteiger partial charge in [-0.05, 0) is 19.1 Å². The van der Waals surface area contributed by atoms with Crippen molar-refractivity contribution >= 4 is 23.0 Å². The number of rotatable bonds is 2. The zero-order chi connectivity index (χ0) is 11.7. The lowest BCUT2D eigenvalue weighted by Gasteiger charge is -1.98. The molecule has 16 heavy (non-hydrogen) atoms. The molecule has 0 aliphatic heterocycles. The molecule has 0 aliphatic carbocycles. The van der Waals surface area contributed by atoms with Gasteiger partial charge in [0.15, 0.2) is 11.6 Å². The number of anilines is 1. The van der Waals surface area contributed by atoms with E-state index in [0.29, 0.717) is 16.9 Å². The van der Waals surface area contributed by atoms with Gasteiger partial charge < -0.3 is 5.32 Å². The highest BCUT2D eigenvalue weighted by Crippen LogP contribution is 2.20. The second-order valence-corrected chi connectivity index (χ2v) is 3.49. The van der Waals surface area contributed by atoms with Crippen molar-refractivity contribution in [3.63, 3.8) is 0 Å². The van der Waals surface area contributed by atoms with Crippen LogP contribution in [0.2, 0.25) is 0 Å². The van der Waals surface area contributed by atoms with Crippen LogP contribution in [0.1, 0.15) is 24.2 Å². The lowest BCUT2D eigenvalue weighted by atomic mass is 10.2. The van der Waals surface area contributed by atoms with Gasteiger partial charge in [0.2, 0.25) is 5.91 Å². The van der Waals surface area contributed by atoms with Gasteiger partial charge in [0.1, 0.15) is 0 Å². The quantitative estimate of drug-likeness (QED) is 0.775. The van der Waals surface area contributed by atoms with Gasteiger partial charge in [0.05, 0.1) is 11.1 Å². The summed E-state index contributed by atoms with van der Waals surface area (Å²) < 4.78 is 1.57. The zero-order valence-electron chi connectivity index (χ0n) is 9.02. The maximum absolute atomic E-state index is 11.5. The van der Waals surface area contributed by atoms with Crippen molar-refractivity contribution < 1.29 is 9.59 Å². The fourth-order valence-corrected chi connectivity index (χ4v) is 1.60. The summed E-state index contributed by atoms with van der Waals surface area (Å²) in [7, 11) is 0. The van der Waals surface area contributed by atoms with E-state index in [1.807, 2.05) is 12.1 Å². The summed E-state index contributed by atoms with van der Waals surface area (Å²) in [6.45, 7) is 2.84. The molecule has 1 amide bonds. The van der Waals surface area contributed by atoms with E-state index in [9.17, 15) is 9.59 Å². The topological polar surface area (TPSA) is 63.5 Å². The number of nitrogens with zero attached hydrogens (tertiary/aromatic N) is 2. The summed E-state index contributed by atoms with van der Waals surface area (Å²) in [6.07, 6.45) is 1.73. The first-order valence-corrected chi connectivity index (χ1v) is 4.85. The van der Waals surface area contributed by atoms with Crippen LogP contribution in [0.25, 0.3) is 5.52 Å². The molecule has 0 aromatic carbocycles. The van der Waals surface area contributed by atoms with Crippen molar-refractivity contribution in [1.29, 1.82) is 0 Å². The van der Waals surface area contributed by atoms with E-state index in [1.54, 1.807) is 16.8 Å². The Balaban J connectivity index is 2.68. The van der Waals surface area contributed by atoms with Crippen LogP contribution >= 0.6 is 0 Å². The van der Waals surface area contributed by atoms with Gasteiger partial charge in [0.25, 0.3) is 0 Å². The molecule has 0 radical (unpaired) electrons. The number of carbonyl (C=O) groups excluding carboxylic acids is 2. The average molecular weight is 217 g/mol. The summed E-state index contributed by atoms with van der Waals surface area (Å²) in [6, 6.07) is 5.41. The van der Waals surface area contributed by atoms with E-state index in [1.165, 1.54) is 13.8 Å². The third kappa shape index (κ3) is 1.67. The third-order valence-corrected chi connectivity index (χ3v) is 2.19. The van der Waals surface area contributed by atoms with Crippen LogP contribution in [-0.2, 0) is 4.79 Å². The summed E-state index contributed by atoms with van der Waals surface area (Å²) >= 11 is 0. The van der Waals surface area contributed by atoms with E-state index < -0.39 is 0 Å². The molecule has 0 aliphatic rings. The molecule has 5 heteroatoms. The fraction of sp³-hybridized carbons (Fsp3) is 0.182. The highest BCUT2D eigenvalue weighted by molar-refractivity contribution is 6.07. The standard InChI is InChI=1S/C11H11N3O2/c1-7(15)10-9-5-3-4-6-14(9)13-11(10)12-8(2)16/h3-6H,1-2H3,(H,12,13,16). The molecule has 0 bridgehead atoms. The maximum atomic E-state index is 11.5. The van der Waals surface area contributed by atoms with Gasteiger partial charge in [0, 0.05) is 13.1 Å². The Morgan fingerprint density at radius 3 is 2.69 bits per heavy atom. The van der Waals surface area contributed by atoms with Crippen molar-refractivity contribution in [2.75, 3.05) is 5.32 Å². The lowest BCUT2D eigenvalue weighted by molar-refractivity contribution is -0.114. The molecule has 0 saturated carbocycles. The molecule has 2 aromatic heterocycles. The number of carbonyl (C=O) groups is 2. The van der Waals surface area contributed by atoms with Crippen molar-refractivity contribution in [3.8, 4) is 0 Å². The molecular formula is C11H11N3O2. The number of Topliss-reactive ketones (excluding diaryl/α,β-unsaturated/α-hetero) is 1. The Bertz CT molecular complexity index is 572. The molecule has 82 valence electrons. The Kier molecular flexibility index (Phi) is 2.44. The second kappa shape index (κ2) is 3.77. The van der Waals surface area contributed by atoms with Crippen LogP contribution in [0.4, 0.5) is 5.82 Å². The summed E-state index contributed by atoms with van der Waals surface area (Å²) in [5.74, 6) is -0.0537. The fourth-order valence-electron chi connectivity index (χ4n) is 1.60. The molecule has 1 N–H and O–H groups in total. The lowest BCUT2D eigenvalue weighted by Crippen LogP contribution is -2.09. The van der Waals surface area contributed by atoms with Crippen LogP contribution < -0.4 is 5.32 Å². The third-order valence-electron chi connectivity index (χ3n) is 2.19. The molecule has 0 atom stereocenters. The minimum atomic E-state index is -0.245. The SMILES string of the molecule is CC(=O)Nc1nn2ccccc2c1C(C)=O. The second-order valence-electron chi connectivity index (χ2n) is 3.49. The van der Waals surface area contributed by atoms with E-state index >= 15 is 0 Å². The number of hydrogen-bond donors (Lipinski definition) is 1. The number of hydrogen-bond acceptors (Lipinski definition) is 3. The smallest absolute Gasteiger partial charge is 0.222 e. The van der Waals surface area contributed by atoms with Crippen LogP contribution in [0.5, 0.6) is 0 Å². The average Bonchev–Trinajstić information content (AvgIpc) is 2.53.